The van der Waals surface area contributed by atoms with Gasteiger partial charge in [-0.3, -0.25) is 14.2 Å². The highest BCUT2D eigenvalue weighted by Gasteiger charge is 2.50. The van der Waals surface area contributed by atoms with Crippen LogP contribution in [0.2, 0.25) is 0 Å². The molecule has 1 rings (SSSR count). The Morgan fingerprint density at radius 1 is 1.33 bits per heavy atom. The Bertz CT molecular complexity index is 380. The van der Waals surface area contributed by atoms with Crippen molar-refractivity contribution in [3.63, 3.8) is 0 Å². The topological polar surface area (TPSA) is 112 Å². The molecule has 1 saturated carbocycles. The molecule has 6 nitrogen and oxygen atoms in total. The molecule has 0 spiro atoms. The number of hydrogen-bond acceptors (Lipinski definition) is 3. The largest absolute Gasteiger partial charge is 0.481 e. The van der Waals surface area contributed by atoms with Gasteiger partial charge in [0.2, 0.25) is 7.37 Å². The number of aliphatic carboxylic acids is 2. The summed E-state index contributed by atoms with van der Waals surface area (Å²) in [4.78, 5) is 31.3. The Morgan fingerprint density at radius 2 is 1.94 bits per heavy atom. The van der Waals surface area contributed by atoms with E-state index in [9.17, 15) is 19.0 Å². The van der Waals surface area contributed by atoms with Crippen LogP contribution in [0.5, 0.6) is 0 Å². The Kier molecular flexibility index (Phi) is 4.93. The first-order chi connectivity index (χ1) is 8.28. The summed E-state index contributed by atoms with van der Waals surface area (Å²) >= 11 is 0. The average Bonchev–Trinajstić information content (AvgIpc) is 2.97. The molecular formula is C11H19O6P. The predicted molar refractivity (Wildman–Crippen MR) is 64.8 cm³/mol. The molecule has 18 heavy (non-hydrogen) atoms. The van der Waals surface area contributed by atoms with Crippen LogP contribution in [0.3, 0.4) is 0 Å². The van der Waals surface area contributed by atoms with Gasteiger partial charge in [-0.05, 0) is 25.2 Å². The molecule has 7 heteroatoms. The Hall–Kier alpha value is -0.870. The van der Waals surface area contributed by atoms with Crippen molar-refractivity contribution in [3.05, 3.63) is 0 Å². The fourth-order valence-electron chi connectivity index (χ4n) is 2.27. The molecule has 0 saturated heterocycles. The van der Waals surface area contributed by atoms with E-state index in [1.54, 1.807) is 6.92 Å². The molecule has 1 aliphatic carbocycles. The molecule has 0 radical (unpaired) electrons. The Labute approximate surface area is 105 Å². The van der Waals surface area contributed by atoms with Crippen LogP contribution in [-0.4, -0.2) is 39.4 Å². The van der Waals surface area contributed by atoms with E-state index in [2.05, 4.69) is 0 Å². The summed E-state index contributed by atoms with van der Waals surface area (Å²) in [6, 6.07) is 0. The summed E-state index contributed by atoms with van der Waals surface area (Å²) < 4.78 is 11.6. The van der Waals surface area contributed by atoms with Gasteiger partial charge in [-0.2, -0.15) is 0 Å². The molecule has 0 aromatic carbocycles. The summed E-state index contributed by atoms with van der Waals surface area (Å²) in [5.74, 6) is -3.85. The van der Waals surface area contributed by atoms with Crippen LogP contribution in [0.15, 0.2) is 0 Å². The van der Waals surface area contributed by atoms with Crippen molar-refractivity contribution in [3.8, 4) is 0 Å². The minimum atomic E-state index is -3.25. The SMILES string of the molecule is CCCP(=O)(O)CCC(C(=O)O)C1CC1C(=O)O. The molecule has 0 amide bonds. The smallest absolute Gasteiger partial charge is 0.306 e. The Morgan fingerprint density at radius 3 is 2.33 bits per heavy atom. The maximum absolute atomic E-state index is 11.6. The molecule has 1 fully saturated rings. The highest BCUT2D eigenvalue weighted by Crippen LogP contribution is 2.49. The quantitative estimate of drug-likeness (QED) is 0.580. The van der Waals surface area contributed by atoms with Gasteiger partial charge in [0.25, 0.3) is 0 Å². The van der Waals surface area contributed by atoms with E-state index in [1.807, 2.05) is 0 Å². The van der Waals surface area contributed by atoms with E-state index in [4.69, 9.17) is 10.2 Å². The first kappa shape index (κ1) is 15.2. The lowest BCUT2D eigenvalue weighted by molar-refractivity contribution is -0.143. The second-order valence-corrected chi connectivity index (χ2v) is 7.46. The Balaban J connectivity index is 2.53. The summed E-state index contributed by atoms with van der Waals surface area (Å²) in [5, 5.41) is 17.8. The molecule has 3 N–H and O–H groups in total. The minimum absolute atomic E-state index is 0.0410. The zero-order valence-corrected chi connectivity index (χ0v) is 11.2. The highest BCUT2D eigenvalue weighted by atomic mass is 31.2. The van der Waals surface area contributed by atoms with Gasteiger partial charge >= 0.3 is 11.9 Å². The minimum Gasteiger partial charge on any atom is -0.481 e. The number of carboxylic acids is 2. The molecule has 104 valence electrons. The number of hydrogen-bond donors (Lipinski definition) is 3. The fourth-order valence-corrected chi connectivity index (χ4v) is 3.87. The van der Waals surface area contributed by atoms with E-state index < -0.39 is 31.1 Å². The first-order valence-electron chi connectivity index (χ1n) is 6.05. The van der Waals surface area contributed by atoms with Crippen molar-refractivity contribution in [2.45, 2.75) is 26.2 Å². The molecule has 0 aromatic rings. The second-order valence-electron chi connectivity index (χ2n) is 4.87. The van der Waals surface area contributed by atoms with Gasteiger partial charge in [0.05, 0.1) is 11.8 Å². The maximum atomic E-state index is 11.6. The molecular weight excluding hydrogens is 259 g/mol. The molecule has 0 heterocycles. The molecule has 0 aliphatic heterocycles. The molecule has 1 aliphatic rings. The first-order valence-corrected chi connectivity index (χ1v) is 8.08. The van der Waals surface area contributed by atoms with Crippen molar-refractivity contribution in [2.24, 2.45) is 17.8 Å². The number of carboxylic acid groups (broad SMARTS) is 2. The summed E-state index contributed by atoms with van der Waals surface area (Å²) in [5.41, 5.74) is 0. The fraction of sp³-hybridized carbons (Fsp3) is 0.818. The zero-order chi connectivity index (χ0) is 13.9. The van der Waals surface area contributed by atoms with E-state index >= 15 is 0 Å². The third-order valence-electron chi connectivity index (χ3n) is 3.35. The third-order valence-corrected chi connectivity index (χ3v) is 5.46. The van der Waals surface area contributed by atoms with Crippen molar-refractivity contribution >= 4 is 19.3 Å². The molecule has 0 aromatic heterocycles. The van der Waals surface area contributed by atoms with Gasteiger partial charge in [-0.1, -0.05) is 6.92 Å². The van der Waals surface area contributed by atoms with Crippen LogP contribution < -0.4 is 0 Å². The molecule has 4 unspecified atom stereocenters. The average molecular weight is 278 g/mol. The third kappa shape index (κ3) is 4.10. The van der Waals surface area contributed by atoms with Crippen molar-refractivity contribution in [1.29, 1.82) is 0 Å². The maximum Gasteiger partial charge on any atom is 0.306 e. The highest BCUT2D eigenvalue weighted by molar-refractivity contribution is 7.57. The van der Waals surface area contributed by atoms with Gasteiger partial charge < -0.3 is 15.1 Å². The lowest BCUT2D eigenvalue weighted by Gasteiger charge is -2.15. The van der Waals surface area contributed by atoms with Crippen LogP contribution in [0.1, 0.15) is 26.2 Å². The summed E-state index contributed by atoms with van der Waals surface area (Å²) in [6.45, 7) is 1.79. The van der Waals surface area contributed by atoms with Crippen molar-refractivity contribution in [1.82, 2.24) is 0 Å². The van der Waals surface area contributed by atoms with E-state index in [-0.39, 0.29) is 24.7 Å². The van der Waals surface area contributed by atoms with Crippen LogP contribution >= 0.6 is 7.37 Å². The van der Waals surface area contributed by atoms with E-state index in [0.717, 1.165) is 0 Å². The summed E-state index contributed by atoms with van der Waals surface area (Å²) in [6.07, 6.45) is 1.16. The van der Waals surface area contributed by atoms with Crippen molar-refractivity contribution < 1.29 is 29.3 Å². The van der Waals surface area contributed by atoms with Crippen molar-refractivity contribution in [2.75, 3.05) is 12.3 Å². The van der Waals surface area contributed by atoms with Crippen LogP contribution in [0, 0.1) is 17.8 Å². The van der Waals surface area contributed by atoms with E-state index in [1.165, 1.54) is 0 Å². The van der Waals surface area contributed by atoms with Gasteiger partial charge in [-0.25, -0.2) is 0 Å². The lowest BCUT2D eigenvalue weighted by atomic mass is 9.99. The standard InChI is InChI=1S/C11H19O6P/c1-2-4-18(16,17)5-3-7(10(12)13)8-6-9(8)11(14)15/h7-9H,2-6H2,1H3,(H,12,13)(H,14,15)(H,16,17). The van der Waals surface area contributed by atoms with Crippen LogP contribution in [0.4, 0.5) is 0 Å². The zero-order valence-electron chi connectivity index (χ0n) is 10.3. The van der Waals surface area contributed by atoms with Gasteiger partial charge in [-0.15, -0.1) is 0 Å². The molecule has 4 atom stereocenters. The van der Waals surface area contributed by atoms with Gasteiger partial charge in [0, 0.05) is 12.3 Å². The monoisotopic (exact) mass is 278 g/mol. The van der Waals surface area contributed by atoms with Crippen LogP contribution in [0.25, 0.3) is 0 Å². The lowest BCUT2D eigenvalue weighted by Crippen LogP contribution is -2.20. The number of rotatable bonds is 8. The second kappa shape index (κ2) is 5.85. The summed E-state index contributed by atoms with van der Waals surface area (Å²) in [7, 11) is -3.25. The normalized spacial score (nSPS) is 27.2. The van der Waals surface area contributed by atoms with Gasteiger partial charge in [0.1, 0.15) is 0 Å². The predicted octanol–water partition coefficient (Wildman–Crippen LogP) is 1.48. The molecule has 0 bridgehead atoms. The van der Waals surface area contributed by atoms with Crippen LogP contribution in [-0.2, 0) is 14.2 Å². The number of carbonyl (C=O) groups is 2. The van der Waals surface area contributed by atoms with Gasteiger partial charge in [0.15, 0.2) is 0 Å². The van der Waals surface area contributed by atoms with E-state index in [0.29, 0.717) is 12.8 Å².